The molecule has 0 aliphatic carbocycles. The average Bonchev–Trinajstić information content (AvgIpc) is 2.95. The van der Waals surface area contributed by atoms with Gasteiger partial charge >= 0.3 is 12.0 Å². The zero-order chi connectivity index (χ0) is 11.8. The number of carboxylic acids is 1. The third-order valence-corrected chi connectivity index (χ3v) is 3.22. The summed E-state index contributed by atoms with van der Waals surface area (Å²) in [6.45, 7) is 2.12. The van der Waals surface area contributed by atoms with Gasteiger partial charge in [-0.1, -0.05) is 0 Å². The Balaban J connectivity index is 1.88. The van der Waals surface area contributed by atoms with Gasteiger partial charge in [0.1, 0.15) is 0 Å². The summed E-state index contributed by atoms with van der Waals surface area (Å²) >= 11 is 0. The lowest BCUT2D eigenvalue weighted by molar-refractivity contribution is -0.142. The smallest absolute Gasteiger partial charge is 0.315 e. The van der Waals surface area contributed by atoms with Crippen LogP contribution in [-0.4, -0.2) is 39.0 Å². The predicted octanol–water partition coefficient (Wildman–Crippen LogP) is -0.204. The molecule has 2 atom stereocenters. The van der Waals surface area contributed by atoms with E-state index in [4.69, 9.17) is 9.84 Å². The van der Waals surface area contributed by atoms with Gasteiger partial charge in [-0.2, -0.15) is 10.1 Å². The fraction of sp³-hybridized carbons (Fsp3) is 0.700. The van der Waals surface area contributed by atoms with Crippen LogP contribution in [0.2, 0.25) is 0 Å². The van der Waals surface area contributed by atoms with Crippen LogP contribution in [0.5, 0.6) is 6.01 Å². The first-order valence-corrected chi connectivity index (χ1v) is 5.79. The van der Waals surface area contributed by atoms with Crippen molar-refractivity contribution < 1.29 is 14.6 Å². The normalized spacial score (nSPS) is 27.5. The number of carbonyl (C=O) groups is 1. The van der Waals surface area contributed by atoms with Gasteiger partial charge in [0.15, 0.2) is 5.82 Å². The first kappa shape index (κ1) is 10.5. The number of nitrogens with one attached hydrogen (secondary N) is 1. The number of aromatic nitrogens is 3. The minimum Gasteiger partial charge on any atom is -0.481 e. The Morgan fingerprint density at radius 3 is 3.24 bits per heavy atom. The molecule has 0 bridgehead atoms. The van der Waals surface area contributed by atoms with Crippen molar-refractivity contribution in [3.05, 3.63) is 5.82 Å². The van der Waals surface area contributed by atoms with E-state index in [2.05, 4.69) is 15.4 Å². The number of carboxylic acid groups (broad SMARTS) is 1. The first-order valence-electron chi connectivity index (χ1n) is 5.79. The lowest BCUT2D eigenvalue weighted by Gasteiger charge is -2.11. The number of fused-ring (bicyclic) bond motifs is 1. The number of aliphatic carboxylic acids is 1. The third kappa shape index (κ3) is 1.76. The highest BCUT2D eigenvalue weighted by Crippen LogP contribution is 2.29. The highest BCUT2D eigenvalue weighted by molar-refractivity contribution is 5.71. The summed E-state index contributed by atoms with van der Waals surface area (Å²) in [7, 11) is 0. The van der Waals surface area contributed by atoms with E-state index in [1.165, 1.54) is 0 Å². The van der Waals surface area contributed by atoms with Crippen LogP contribution >= 0.6 is 0 Å². The summed E-state index contributed by atoms with van der Waals surface area (Å²) in [6, 6.07) is 0.207. The second kappa shape index (κ2) is 3.99. The molecule has 1 aromatic rings. The number of hydrogen-bond acceptors (Lipinski definition) is 5. The standard InChI is InChI=1S/C10H14N4O3/c15-9(16)6-2-3-11-7(6)8-12-10-14(13-8)4-1-5-17-10/h6-7,11H,1-5H2,(H,15,16). The van der Waals surface area contributed by atoms with Crippen molar-refractivity contribution in [3.8, 4) is 6.01 Å². The van der Waals surface area contributed by atoms with Gasteiger partial charge in [0, 0.05) is 13.0 Å². The van der Waals surface area contributed by atoms with Crippen LogP contribution in [0.1, 0.15) is 24.7 Å². The van der Waals surface area contributed by atoms with Crippen molar-refractivity contribution in [2.75, 3.05) is 13.2 Å². The fourth-order valence-corrected chi connectivity index (χ4v) is 2.35. The van der Waals surface area contributed by atoms with E-state index >= 15 is 0 Å². The number of ether oxygens (including phenoxy) is 1. The van der Waals surface area contributed by atoms with E-state index in [1.807, 2.05) is 0 Å². The Kier molecular flexibility index (Phi) is 2.47. The molecule has 0 saturated carbocycles. The Morgan fingerprint density at radius 2 is 2.47 bits per heavy atom. The SMILES string of the molecule is O=C(O)C1CCNC1c1nc2n(n1)CCCO2. The van der Waals surface area contributed by atoms with Gasteiger partial charge < -0.3 is 15.2 Å². The Bertz CT molecular complexity index is 421. The molecule has 2 aliphatic heterocycles. The lowest BCUT2D eigenvalue weighted by atomic mass is 10.0. The molecule has 0 spiro atoms. The van der Waals surface area contributed by atoms with Crippen LogP contribution in [0, 0.1) is 5.92 Å². The molecule has 2 aliphatic rings. The van der Waals surface area contributed by atoms with Gasteiger partial charge in [-0.05, 0) is 13.0 Å². The summed E-state index contributed by atoms with van der Waals surface area (Å²) in [5.41, 5.74) is 0. The Hall–Kier alpha value is -1.63. The molecule has 1 fully saturated rings. The maximum absolute atomic E-state index is 11.1. The molecule has 0 aromatic carbocycles. The summed E-state index contributed by atoms with van der Waals surface area (Å²) < 4.78 is 7.08. The van der Waals surface area contributed by atoms with Crippen molar-refractivity contribution in [2.45, 2.75) is 25.4 Å². The molecular formula is C10H14N4O3. The quantitative estimate of drug-likeness (QED) is 0.741. The van der Waals surface area contributed by atoms with E-state index < -0.39 is 11.9 Å². The maximum atomic E-state index is 11.1. The van der Waals surface area contributed by atoms with Gasteiger partial charge in [0.2, 0.25) is 0 Å². The van der Waals surface area contributed by atoms with Gasteiger partial charge in [-0.15, -0.1) is 0 Å². The van der Waals surface area contributed by atoms with Crippen molar-refractivity contribution in [1.82, 2.24) is 20.1 Å². The molecule has 1 aromatic heterocycles. The Labute approximate surface area is 97.8 Å². The fourth-order valence-electron chi connectivity index (χ4n) is 2.35. The molecule has 7 nitrogen and oxygen atoms in total. The molecule has 2 unspecified atom stereocenters. The number of aryl methyl sites for hydroxylation is 1. The van der Waals surface area contributed by atoms with E-state index in [9.17, 15) is 4.79 Å². The zero-order valence-corrected chi connectivity index (χ0v) is 9.30. The van der Waals surface area contributed by atoms with E-state index in [0.717, 1.165) is 13.0 Å². The third-order valence-electron chi connectivity index (χ3n) is 3.22. The van der Waals surface area contributed by atoms with Crippen molar-refractivity contribution >= 4 is 5.97 Å². The van der Waals surface area contributed by atoms with Gasteiger partial charge in [-0.3, -0.25) is 4.79 Å². The monoisotopic (exact) mass is 238 g/mol. The summed E-state index contributed by atoms with van der Waals surface area (Å²) in [4.78, 5) is 15.4. The van der Waals surface area contributed by atoms with Crippen LogP contribution in [-0.2, 0) is 11.3 Å². The molecule has 2 N–H and O–H groups in total. The first-order chi connectivity index (χ1) is 8.25. The van der Waals surface area contributed by atoms with Crippen molar-refractivity contribution in [2.24, 2.45) is 5.92 Å². The lowest BCUT2D eigenvalue weighted by Crippen LogP contribution is -2.24. The number of nitrogens with zero attached hydrogens (tertiary/aromatic N) is 3. The Morgan fingerprint density at radius 1 is 1.59 bits per heavy atom. The number of hydrogen-bond donors (Lipinski definition) is 2. The van der Waals surface area contributed by atoms with Crippen molar-refractivity contribution in [1.29, 1.82) is 0 Å². The molecular weight excluding hydrogens is 224 g/mol. The molecule has 7 heteroatoms. The van der Waals surface area contributed by atoms with Gasteiger partial charge in [0.05, 0.1) is 18.6 Å². The van der Waals surface area contributed by atoms with E-state index in [1.54, 1.807) is 4.68 Å². The van der Waals surface area contributed by atoms with Crippen LogP contribution in [0.4, 0.5) is 0 Å². The molecule has 17 heavy (non-hydrogen) atoms. The maximum Gasteiger partial charge on any atom is 0.315 e. The molecule has 1 saturated heterocycles. The second-order valence-corrected chi connectivity index (χ2v) is 4.34. The predicted molar refractivity (Wildman–Crippen MR) is 56.6 cm³/mol. The highest BCUT2D eigenvalue weighted by Gasteiger charge is 2.37. The minimum atomic E-state index is -0.798. The van der Waals surface area contributed by atoms with Crippen LogP contribution in [0.3, 0.4) is 0 Å². The van der Waals surface area contributed by atoms with Crippen molar-refractivity contribution in [3.63, 3.8) is 0 Å². The summed E-state index contributed by atoms with van der Waals surface area (Å²) in [6.07, 6.45) is 1.53. The number of rotatable bonds is 2. The topological polar surface area (TPSA) is 89.3 Å². The molecule has 3 heterocycles. The summed E-state index contributed by atoms with van der Waals surface area (Å²) in [5, 5.41) is 16.6. The molecule has 0 amide bonds. The average molecular weight is 238 g/mol. The highest BCUT2D eigenvalue weighted by atomic mass is 16.5. The molecule has 3 rings (SSSR count). The van der Waals surface area contributed by atoms with Crippen LogP contribution in [0.25, 0.3) is 0 Å². The van der Waals surface area contributed by atoms with E-state index in [-0.39, 0.29) is 6.04 Å². The summed E-state index contributed by atoms with van der Waals surface area (Å²) in [5.74, 6) is -0.708. The molecule has 0 radical (unpaired) electrons. The largest absolute Gasteiger partial charge is 0.481 e. The van der Waals surface area contributed by atoms with Crippen LogP contribution in [0.15, 0.2) is 0 Å². The zero-order valence-electron chi connectivity index (χ0n) is 9.30. The van der Waals surface area contributed by atoms with Crippen LogP contribution < -0.4 is 10.1 Å². The van der Waals surface area contributed by atoms with E-state index in [0.29, 0.717) is 31.4 Å². The molecule has 92 valence electrons. The second-order valence-electron chi connectivity index (χ2n) is 4.34. The minimum absolute atomic E-state index is 0.297. The van der Waals surface area contributed by atoms with Gasteiger partial charge in [0.25, 0.3) is 0 Å². The van der Waals surface area contributed by atoms with Gasteiger partial charge in [-0.25, -0.2) is 4.68 Å².